The Hall–Kier alpha value is -2.37. The molecular weight excluding hydrogens is 318 g/mol. The molecule has 1 unspecified atom stereocenters. The maximum absolute atomic E-state index is 12.9. The molecule has 6 heteroatoms. The van der Waals surface area contributed by atoms with Crippen molar-refractivity contribution in [3.05, 3.63) is 35.4 Å². The maximum atomic E-state index is 12.9. The topological polar surface area (TPSA) is 69.7 Å². The molecule has 1 aromatic rings. The molecule has 0 saturated carbocycles. The molecule has 1 aromatic carbocycles. The van der Waals surface area contributed by atoms with Crippen molar-refractivity contribution in [2.24, 2.45) is 0 Å². The lowest BCUT2D eigenvalue weighted by Gasteiger charge is -2.23. The summed E-state index contributed by atoms with van der Waals surface area (Å²) in [5.74, 6) is -0.531. The molecule has 0 bridgehead atoms. The molecule has 3 rings (SSSR count). The van der Waals surface area contributed by atoms with Crippen molar-refractivity contribution >= 4 is 17.8 Å². The third kappa shape index (κ3) is 3.25. The van der Waals surface area contributed by atoms with E-state index in [1.54, 1.807) is 11.8 Å². The summed E-state index contributed by atoms with van der Waals surface area (Å²) in [6, 6.07) is 7.24. The van der Waals surface area contributed by atoms with Crippen LogP contribution in [0.2, 0.25) is 0 Å². The lowest BCUT2D eigenvalue weighted by atomic mass is 9.91. The molecule has 2 fully saturated rings. The third-order valence-corrected chi connectivity index (χ3v) is 5.10. The highest BCUT2D eigenvalue weighted by Crippen LogP contribution is 2.29. The molecule has 0 aliphatic carbocycles. The zero-order valence-corrected chi connectivity index (χ0v) is 14.9. The molecule has 4 amide bonds. The number of carbonyl (C=O) groups excluding carboxylic acids is 3. The number of imide groups is 1. The molecule has 0 aromatic heterocycles. The van der Waals surface area contributed by atoms with Gasteiger partial charge >= 0.3 is 6.03 Å². The van der Waals surface area contributed by atoms with E-state index in [9.17, 15) is 14.4 Å². The molecule has 134 valence electrons. The van der Waals surface area contributed by atoms with Crippen LogP contribution >= 0.6 is 0 Å². The first-order valence-electron chi connectivity index (χ1n) is 8.97. The summed E-state index contributed by atoms with van der Waals surface area (Å²) >= 11 is 0. The highest BCUT2D eigenvalue weighted by molar-refractivity contribution is 6.09. The number of carbonyl (C=O) groups is 3. The van der Waals surface area contributed by atoms with Crippen molar-refractivity contribution in [3.63, 3.8) is 0 Å². The first-order valence-corrected chi connectivity index (χ1v) is 8.97. The quantitative estimate of drug-likeness (QED) is 0.832. The van der Waals surface area contributed by atoms with E-state index in [1.165, 1.54) is 5.56 Å². The SMILES string of the molecule is CCCc1ccc(C2(C)NC(=O)N(CC(=O)N3CCCC3)C2=O)cc1. The van der Waals surface area contributed by atoms with E-state index in [0.717, 1.165) is 36.1 Å². The largest absolute Gasteiger partial charge is 0.341 e. The fourth-order valence-corrected chi connectivity index (χ4v) is 3.53. The van der Waals surface area contributed by atoms with Crippen LogP contribution in [0.3, 0.4) is 0 Å². The Morgan fingerprint density at radius 2 is 1.80 bits per heavy atom. The van der Waals surface area contributed by atoms with Crippen LogP contribution in [0.15, 0.2) is 24.3 Å². The number of amides is 4. The molecule has 1 atom stereocenters. The van der Waals surface area contributed by atoms with E-state index in [-0.39, 0.29) is 18.4 Å². The highest BCUT2D eigenvalue weighted by atomic mass is 16.2. The van der Waals surface area contributed by atoms with Gasteiger partial charge in [0.1, 0.15) is 12.1 Å². The van der Waals surface area contributed by atoms with Gasteiger partial charge in [0.05, 0.1) is 0 Å². The fraction of sp³-hybridized carbons (Fsp3) is 0.526. The summed E-state index contributed by atoms with van der Waals surface area (Å²) in [6.07, 6.45) is 3.99. The number of hydrogen-bond donors (Lipinski definition) is 1. The van der Waals surface area contributed by atoms with Crippen molar-refractivity contribution < 1.29 is 14.4 Å². The van der Waals surface area contributed by atoms with Crippen molar-refractivity contribution in [1.82, 2.24) is 15.1 Å². The summed E-state index contributed by atoms with van der Waals surface area (Å²) in [7, 11) is 0. The Kier molecular flexibility index (Phi) is 4.79. The molecule has 25 heavy (non-hydrogen) atoms. The predicted molar refractivity (Wildman–Crippen MR) is 93.8 cm³/mol. The molecule has 2 aliphatic heterocycles. The lowest BCUT2D eigenvalue weighted by molar-refractivity contribution is -0.138. The smallest absolute Gasteiger partial charge is 0.325 e. The molecule has 2 saturated heterocycles. The van der Waals surface area contributed by atoms with Crippen LogP contribution in [0.5, 0.6) is 0 Å². The van der Waals surface area contributed by atoms with Crippen LogP contribution in [0.25, 0.3) is 0 Å². The standard InChI is InChI=1S/C19H25N3O3/c1-3-6-14-7-9-15(10-8-14)19(2)17(24)22(18(25)20-19)13-16(23)21-11-4-5-12-21/h7-10H,3-6,11-13H2,1-2H3,(H,20,25). The first-order chi connectivity index (χ1) is 12.0. The molecular formula is C19H25N3O3. The van der Waals surface area contributed by atoms with Crippen molar-refractivity contribution in [1.29, 1.82) is 0 Å². The number of hydrogen-bond acceptors (Lipinski definition) is 3. The van der Waals surface area contributed by atoms with Crippen LogP contribution in [-0.4, -0.2) is 47.3 Å². The Morgan fingerprint density at radius 1 is 1.16 bits per heavy atom. The van der Waals surface area contributed by atoms with Crippen LogP contribution in [0.1, 0.15) is 44.2 Å². The van der Waals surface area contributed by atoms with Gasteiger partial charge in [-0.05, 0) is 37.3 Å². The number of nitrogens with zero attached hydrogens (tertiary/aromatic N) is 2. The monoisotopic (exact) mass is 343 g/mol. The maximum Gasteiger partial charge on any atom is 0.325 e. The van der Waals surface area contributed by atoms with Gasteiger partial charge in [-0.3, -0.25) is 14.5 Å². The molecule has 0 spiro atoms. The number of rotatable bonds is 5. The summed E-state index contributed by atoms with van der Waals surface area (Å²) in [4.78, 5) is 40.3. The lowest BCUT2D eigenvalue weighted by Crippen LogP contribution is -2.43. The van der Waals surface area contributed by atoms with Gasteiger partial charge in [0.2, 0.25) is 5.91 Å². The van der Waals surface area contributed by atoms with Gasteiger partial charge in [-0.1, -0.05) is 37.6 Å². The highest BCUT2D eigenvalue weighted by Gasteiger charge is 2.49. The Labute approximate surface area is 148 Å². The Bertz CT molecular complexity index is 680. The van der Waals surface area contributed by atoms with Gasteiger partial charge in [-0.2, -0.15) is 0 Å². The average molecular weight is 343 g/mol. The first kappa shape index (κ1) is 17.5. The van der Waals surface area contributed by atoms with E-state index in [1.807, 2.05) is 24.3 Å². The Balaban J connectivity index is 1.75. The Morgan fingerprint density at radius 3 is 2.40 bits per heavy atom. The minimum absolute atomic E-state index is 0.163. The molecule has 0 radical (unpaired) electrons. The molecule has 1 N–H and O–H groups in total. The zero-order valence-electron chi connectivity index (χ0n) is 14.9. The van der Waals surface area contributed by atoms with Crippen LogP contribution in [0.4, 0.5) is 4.79 Å². The van der Waals surface area contributed by atoms with Gasteiger partial charge in [-0.15, -0.1) is 0 Å². The summed E-state index contributed by atoms with van der Waals surface area (Å²) in [5, 5.41) is 2.76. The summed E-state index contributed by atoms with van der Waals surface area (Å²) in [6.45, 7) is 5.04. The third-order valence-electron chi connectivity index (χ3n) is 5.10. The zero-order chi connectivity index (χ0) is 18.0. The summed E-state index contributed by atoms with van der Waals surface area (Å²) in [5.41, 5.74) is 0.821. The van der Waals surface area contributed by atoms with Crippen molar-refractivity contribution in [2.45, 2.75) is 45.1 Å². The molecule has 2 heterocycles. The van der Waals surface area contributed by atoms with Crippen molar-refractivity contribution in [2.75, 3.05) is 19.6 Å². The summed E-state index contributed by atoms with van der Waals surface area (Å²) < 4.78 is 0. The van der Waals surface area contributed by atoms with Crippen LogP contribution in [0, 0.1) is 0 Å². The van der Waals surface area contributed by atoms with E-state index in [4.69, 9.17) is 0 Å². The normalized spacial score (nSPS) is 23.3. The van der Waals surface area contributed by atoms with Crippen LogP contribution < -0.4 is 5.32 Å². The van der Waals surface area contributed by atoms with E-state index < -0.39 is 11.6 Å². The van der Waals surface area contributed by atoms with Gasteiger partial charge in [0.15, 0.2) is 0 Å². The predicted octanol–water partition coefficient (Wildman–Crippen LogP) is 2.03. The van der Waals surface area contributed by atoms with Gasteiger partial charge in [-0.25, -0.2) is 4.79 Å². The average Bonchev–Trinajstić information content (AvgIpc) is 3.20. The van der Waals surface area contributed by atoms with E-state index >= 15 is 0 Å². The van der Waals surface area contributed by atoms with Gasteiger partial charge < -0.3 is 10.2 Å². The second-order valence-electron chi connectivity index (χ2n) is 6.98. The molecule has 6 nitrogen and oxygen atoms in total. The van der Waals surface area contributed by atoms with Crippen molar-refractivity contribution in [3.8, 4) is 0 Å². The number of likely N-dealkylation sites (tertiary alicyclic amines) is 1. The minimum Gasteiger partial charge on any atom is -0.341 e. The fourth-order valence-electron chi connectivity index (χ4n) is 3.53. The number of nitrogens with one attached hydrogen (secondary N) is 1. The number of benzene rings is 1. The van der Waals surface area contributed by atoms with E-state index in [2.05, 4.69) is 12.2 Å². The second-order valence-corrected chi connectivity index (χ2v) is 6.98. The van der Waals surface area contributed by atoms with E-state index in [0.29, 0.717) is 13.1 Å². The number of aryl methyl sites for hydroxylation is 1. The van der Waals surface area contributed by atoms with Crippen LogP contribution in [-0.2, 0) is 21.5 Å². The minimum atomic E-state index is -1.12. The molecule has 2 aliphatic rings. The van der Waals surface area contributed by atoms with Gasteiger partial charge in [0, 0.05) is 13.1 Å². The van der Waals surface area contributed by atoms with Gasteiger partial charge in [0.25, 0.3) is 5.91 Å². The second kappa shape index (κ2) is 6.86. The number of urea groups is 1.